The van der Waals surface area contributed by atoms with E-state index in [9.17, 15) is 22.4 Å². The van der Waals surface area contributed by atoms with Gasteiger partial charge in [0.2, 0.25) is 0 Å². The average Bonchev–Trinajstić information content (AvgIpc) is 2.87. The number of ether oxygens (including phenoxy) is 1. The van der Waals surface area contributed by atoms with Crippen molar-refractivity contribution in [3.63, 3.8) is 0 Å². The van der Waals surface area contributed by atoms with Gasteiger partial charge in [-0.1, -0.05) is 17.7 Å². The van der Waals surface area contributed by atoms with Crippen LogP contribution in [0.15, 0.2) is 24.3 Å². The maximum absolute atomic E-state index is 13.0. The van der Waals surface area contributed by atoms with Crippen molar-refractivity contribution in [2.75, 3.05) is 11.5 Å². The molecule has 0 bridgehead atoms. The lowest BCUT2D eigenvalue weighted by Crippen LogP contribution is -2.42. The van der Waals surface area contributed by atoms with Crippen molar-refractivity contribution in [3.8, 4) is 0 Å². The lowest BCUT2D eigenvalue weighted by atomic mass is 10.2. The van der Waals surface area contributed by atoms with Crippen LogP contribution >= 0.6 is 11.6 Å². The van der Waals surface area contributed by atoms with Crippen LogP contribution in [0.25, 0.3) is 6.08 Å². The quantitative estimate of drug-likeness (QED) is 0.612. The summed E-state index contributed by atoms with van der Waals surface area (Å²) in [7, 11) is -3.11. The first-order chi connectivity index (χ1) is 11.7. The lowest BCUT2D eigenvalue weighted by molar-refractivity contribution is -0.150. The number of esters is 1. The Balaban J connectivity index is 1.85. The maximum Gasteiger partial charge on any atom is 0.331 e. The topological polar surface area (TPSA) is 89.5 Å². The molecule has 1 aliphatic rings. The molecule has 1 aromatic rings. The molecule has 0 saturated carbocycles. The van der Waals surface area contributed by atoms with E-state index in [0.717, 1.165) is 6.08 Å². The van der Waals surface area contributed by atoms with Gasteiger partial charge in [0.25, 0.3) is 5.91 Å². The van der Waals surface area contributed by atoms with Crippen LogP contribution in [-0.4, -0.2) is 43.9 Å². The molecule has 1 aliphatic heterocycles. The van der Waals surface area contributed by atoms with E-state index in [1.807, 2.05) is 0 Å². The van der Waals surface area contributed by atoms with Crippen molar-refractivity contribution in [1.82, 2.24) is 5.32 Å². The van der Waals surface area contributed by atoms with Gasteiger partial charge < -0.3 is 10.1 Å². The molecule has 25 heavy (non-hydrogen) atoms. The zero-order valence-electron chi connectivity index (χ0n) is 13.4. The van der Waals surface area contributed by atoms with Crippen LogP contribution in [0.5, 0.6) is 0 Å². The minimum atomic E-state index is -3.11. The van der Waals surface area contributed by atoms with Crippen molar-refractivity contribution in [1.29, 1.82) is 0 Å². The second kappa shape index (κ2) is 7.97. The number of halogens is 2. The summed E-state index contributed by atoms with van der Waals surface area (Å²) in [6, 6.07) is 3.48. The van der Waals surface area contributed by atoms with Crippen LogP contribution in [0.1, 0.15) is 18.9 Å². The first-order valence-electron chi connectivity index (χ1n) is 7.51. The minimum absolute atomic E-state index is 0.0368. The van der Waals surface area contributed by atoms with Gasteiger partial charge in [-0.15, -0.1) is 0 Å². The number of hydrogen-bond acceptors (Lipinski definition) is 5. The third kappa shape index (κ3) is 5.82. The molecule has 0 aliphatic carbocycles. The Labute approximate surface area is 149 Å². The first kappa shape index (κ1) is 19.4. The van der Waals surface area contributed by atoms with Gasteiger partial charge in [0.05, 0.1) is 16.5 Å². The summed E-state index contributed by atoms with van der Waals surface area (Å²) in [6.45, 7) is 1.39. The summed E-state index contributed by atoms with van der Waals surface area (Å²) in [5.41, 5.74) is 0.497. The van der Waals surface area contributed by atoms with Crippen LogP contribution < -0.4 is 5.32 Å². The first-order valence-corrected chi connectivity index (χ1v) is 9.71. The summed E-state index contributed by atoms with van der Waals surface area (Å²) in [6.07, 6.45) is 1.74. The number of amides is 1. The van der Waals surface area contributed by atoms with Crippen molar-refractivity contribution >= 4 is 39.4 Å². The highest BCUT2D eigenvalue weighted by Crippen LogP contribution is 2.17. The lowest BCUT2D eigenvalue weighted by Gasteiger charge is -2.15. The van der Waals surface area contributed by atoms with E-state index in [1.165, 1.54) is 31.2 Å². The fourth-order valence-corrected chi connectivity index (χ4v) is 4.14. The number of benzene rings is 1. The van der Waals surface area contributed by atoms with Gasteiger partial charge in [-0.3, -0.25) is 4.79 Å². The maximum atomic E-state index is 13.0. The molecule has 136 valence electrons. The summed E-state index contributed by atoms with van der Waals surface area (Å²) in [5.74, 6) is -1.96. The molecular formula is C16H17ClFNO5S. The molecule has 0 spiro atoms. The molecule has 2 atom stereocenters. The molecule has 6 nitrogen and oxygen atoms in total. The molecule has 1 heterocycles. The Hall–Kier alpha value is -1.93. The van der Waals surface area contributed by atoms with E-state index in [-0.39, 0.29) is 16.5 Å². The van der Waals surface area contributed by atoms with Crippen LogP contribution in [0.4, 0.5) is 4.39 Å². The van der Waals surface area contributed by atoms with E-state index in [1.54, 1.807) is 0 Å². The molecule has 1 N–H and O–H groups in total. The van der Waals surface area contributed by atoms with Gasteiger partial charge in [-0.25, -0.2) is 17.6 Å². The summed E-state index contributed by atoms with van der Waals surface area (Å²) in [4.78, 5) is 23.7. The Morgan fingerprint density at radius 2 is 2.16 bits per heavy atom. The molecule has 1 aromatic carbocycles. The number of rotatable bonds is 5. The van der Waals surface area contributed by atoms with Gasteiger partial charge in [-0.2, -0.15) is 0 Å². The number of hydrogen-bond donors (Lipinski definition) is 1. The number of carbonyl (C=O) groups excluding carboxylic acids is 2. The molecular weight excluding hydrogens is 373 g/mol. The Bertz CT molecular complexity index is 809. The van der Waals surface area contributed by atoms with Crippen molar-refractivity contribution in [2.45, 2.75) is 25.5 Å². The number of carbonyl (C=O) groups is 2. The third-order valence-corrected chi connectivity index (χ3v) is 5.65. The molecule has 2 rings (SSSR count). The predicted octanol–water partition coefficient (Wildman–Crippen LogP) is 1.73. The predicted molar refractivity (Wildman–Crippen MR) is 91.2 cm³/mol. The van der Waals surface area contributed by atoms with Crippen LogP contribution in [0.3, 0.4) is 0 Å². The molecule has 1 saturated heterocycles. The zero-order chi connectivity index (χ0) is 18.6. The zero-order valence-corrected chi connectivity index (χ0v) is 14.9. The average molecular weight is 390 g/mol. The van der Waals surface area contributed by atoms with Gasteiger partial charge in [0.15, 0.2) is 15.9 Å². The highest BCUT2D eigenvalue weighted by molar-refractivity contribution is 7.91. The van der Waals surface area contributed by atoms with Crippen molar-refractivity contribution < 1.29 is 27.1 Å². The minimum Gasteiger partial charge on any atom is -0.449 e. The smallest absolute Gasteiger partial charge is 0.331 e. The van der Waals surface area contributed by atoms with Crippen LogP contribution in [0.2, 0.25) is 5.02 Å². The normalized spacial score (nSPS) is 20.4. The van der Waals surface area contributed by atoms with Gasteiger partial charge in [0.1, 0.15) is 5.82 Å². The molecule has 0 aromatic heterocycles. The largest absolute Gasteiger partial charge is 0.449 e. The third-order valence-electron chi connectivity index (χ3n) is 3.60. The van der Waals surface area contributed by atoms with Crippen LogP contribution in [-0.2, 0) is 24.2 Å². The fourth-order valence-electron chi connectivity index (χ4n) is 2.27. The Kier molecular flexibility index (Phi) is 6.18. The molecule has 1 fully saturated rings. The van der Waals surface area contributed by atoms with E-state index in [2.05, 4.69) is 5.32 Å². The van der Waals surface area contributed by atoms with Crippen molar-refractivity contribution in [2.24, 2.45) is 0 Å². The van der Waals surface area contributed by atoms with E-state index < -0.39 is 39.7 Å². The second-order valence-corrected chi connectivity index (χ2v) is 8.33. The summed E-state index contributed by atoms with van der Waals surface area (Å²) in [5, 5.41) is 2.47. The second-order valence-electron chi connectivity index (χ2n) is 5.69. The molecule has 1 amide bonds. The Morgan fingerprint density at radius 1 is 1.44 bits per heavy atom. The molecule has 0 radical (unpaired) electrons. The standard InChI is InChI=1S/C16H17ClFNO5S/c1-10(16(21)19-12-6-7-25(22,23)9-12)24-15(20)5-3-11-2-4-14(18)13(17)8-11/h2-5,8,10,12H,6-7,9H2,1H3,(H,19,21)/b5-3+/t10-,12+/m1/s1. The van der Waals surface area contributed by atoms with Gasteiger partial charge >= 0.3 is 5.97 Å². The summed E-state index contributed by atoms with van der Waals surface area (Å²) < 4.78 is 40.7. The van der Waals surface area contributed by atoms with E-state index in [0.29, 0.717) is 12.0 Å². The monoisotopic (exact) mass is 389 g/mol. The fraction of sp³-hybridized carbons (Fsp3) is 0.375. The van der Waals surface area contributed by atoms with Gasteiger partial charge in [-0.05, 0) is 37.1 Å². The van der Waals surface area contributed by atoms with Crippen molar-refractivity contribution in [3.05, 3.63) is 40.7 Å². The van der Waals surface area contributed by atoms with E-state index in [4.69, 9.17) is 16.3 Å². The van der Waals surface area contributed by atoms with Gasteiger partial charge in [0, 0.05) is 12.1 Å². The van der Waals surface area contributed by atoms with E-state index >= 15 is 0 Å². The highest BCUT2D eigenvalue weighted by atomic mass is 35.5. The number of nitrogens with one attached hydrogen (secondary N) is 1. The Morgan fingerprint density at radius 3 is 2.76 bits per heavy atom. The molecule has 0 unspecified atom stereocenters. The van der Waals surface area contributed by atoms with Crippen LogP contribution in [0, 0.1) is 5.82 Å². The molecule has 9 heteroatoms. The highest BCUT2D eigenvalue weighted by Gasteiger charge is 2.30. The number of sulfone groups is 1. The SMILES string of the molecule is C[C@@H](OC(=O)/C=C/c1ccc(F)c(Cl)c1)C(=O)N[C@H]1CCS(=O)(=O)C1. The summed E-state index contributed by atoms with van der Waals surface area (Å²) >= 11 is 5.64.